The van der Waals surface area contributed by atoms with Crippen LogP contribution in [0.4, 0.5) is 0 Å². The number of hydrogen-bond acceptors (Lipinski definition) is 8. The summed E-state index contributed by atoms with van der Waals surface area (Å²) in [6.07, 6.45) is 3.95. The minimum absolute atomic E-state index is 0. The Morgan fingerprint density at radius 3 is 0.452 bits per heavy atom. The molecule has 0 aromatic rings. The van der Waals surface area contributed by atoms with Crippen LogP contribution >= 0.6 is 27.0 Å². The molecule has 4 fully saturated rings. The van der Waals surface area contributed by atoms with Crippen LogP contribution < -0.4 is 21.3 Å². The van der Waals surface area contributed by atoms with Gasteiger partial charge in [0.05, 0.1) is 22.2 Å². The van der Waals surface area contributed by atoms with Gasteiger partial charge in [-0.1, -0.05) is 111 Å². The van der Waals surface area contributed by atoms with Crippen LogP contribution in [0.5, 0.6) is 0 Å². The van der Waals surface area contributed by atoms with Gasteiger partial charge in [0.1, 0.15) is 0 Å². The quantitative estimate of drug-likeness (QED) is 0.190. The average Bonchev–Trinajstić information content (AvgIpc) is 3.93. The smallest absolute Gasteiger partial charge is 0.158 e. The van der Waals surface area contributed by atoms with Gasteiger partial charge in [-0.3, -0.25) is 40.4 Å². The van der Waals surface area contributed by atoms with Crippen LogP contribution in [0.2, 0.25) is 0 Å². The third-order valence-corrected chi connectivity index (χ3v) is 12.0. The number of rotatable bonds is 8. The lowest BCUT2D eigenvalue weighted by molar-refractivity contribution is -0.131. The average molecular weight is 914 g/mol. The van der Waals surface area contributed by atoms with Gasteiger partial charge in [0.2, 0.25) is 0 Å². The van der Waals surface area contributed by atoms with Crippen molar-refractivity contribution in [2.24, 2.45) is 45.3 Å². The minimum atomic E-state index is -0.253. The highest BCUT2D eigenvalue weighted by Gasteiger charge is 2.63. The van der Waals surface area contributed by atoms with E-state index in [1.165, 1.54) is 0 Å². The van der Waals surface area contributed by atoms with Crippen molar-refractivity contribution >= 4 is 50.1 Å². The highest BCUT2D eigenvalue weighted by molar-refractivity contribution is 7.59. The predicted molar refractivity (Wildman–Crippen MR) is 276 cm³/mol. The fourth-order valence-electron chi connectivity index (χ4n) is 9.24. The van der Waals surface area contributed by atoms with E-state index in [-0.39, 0.29) is 93.0 Å². The van der Waals surface area contributed by atoms with E-state index in [0.717, 1.165) is 25.7 Å². The normalized spacial score (nSPS) is 30.5. The summed E-state index contributed by atoms with van der Waals surface area (Å²) in [6.45, 7) is 58.1. The van der Waals surface area contributed by atoms with E-state index in [4.69, 9.17) is 0 Å². The molecule has 4 rings (SSSR count). The standard InChI is InChI=1S/4C13H25NO.2H2S/c4*1-9-8-13(9,14-12(5,6)7)10(15)11(2,3)4;;/h4*9,14H,8H2,1-7H3;2*1H2/t2*9-,13+;2*9-,13-;;/m1010../s1. The number of nitrogens with one attached hydrogen (secondary N) is 4. The Balaban J connectivity index is 0. The molecule has 8 nitrogen and oxygen atoms in total. The molecule has 8 atom stereocenters. The van der Waals surface area contributed by atoms with Crippen LogP contribution in [0.3, 0.4) is 0 Å². The Bertz CT molecular complexity index is 1320. The van der Waals surface area contributed by atoms with Crippen molar-refractivity contribution < 1.29 is 19.2 Å². The molecule has 0 saturated heterocycles. The molecule has 0 aromatic heterocycles. The highest BCUT2D eigenvalue weighted by Crippen LogP contribution is 2.51. The van der Waals surface area contributed by atoms with Gasteiger partial charge in [0.25, 0.3) is 0 Å². The number of Topliss-reactive ketones (excluding diaryl/α,β-unsaturated/α-hetero) is 4. The van der Waals surface area contributed by atoms with Gasteiger partial charge in [-0.2, -0.15) is 27.0 Å². The van der Waals surface area contributed by atoms with E-state index in [1.54, 1.807) is 0 Å². The molecule has 0 unspecified atom stereocenters. The summed E-state index contributed by atoms with van der Waals surface area (Å²) >= 11 is 0. The van der Waals surface area contributed by atoms with E-state index in [0.29, 0.717) is 46.8 Å². The van der Waals surface area contributed by atoms with Crippen molar-refractivity contribution in [1.82, 2.24) is 21.3 Å². The zero-order chi connectivity index (χ0) is 48.3. The van der Waals surface area contributed by atoms with Gasteiger partial charge in [-0.25, -0.2) is 0 Å². The van der Waals surface area contributed by atoms with Gasteiger partial charge in [0, 0.05) is 43.8 Å². The van der Waals surface area contributed by atoms with Crippen LogP contribution in [-0.2, 0) is 19.2 Å². The number of carbonyl (C=O) groups is 4. The monoisotopic (exact) mass is 913 g/mol. The first-order valence-electron chi connectivity index (χ1n) is 23.3. The Hall–Kier alpha value is -0.780. The van der Waals surface area contributed by atoms with E-state index in [9.17, 15) is 19.2 Å². The Labute approximate surface area is 398 Å². The van der Waals surface area contributed by atoms with E-state index >= 15 is 0 Å². The molecular formula is C52H104N4O4S2. The predicted octanol–water partition coefficient (Wildman–Crippen LogP) is 11.3. The minimum Gasteiger partial charge on any atom is -0.300 e. The molecule has 0 spiro atoms. The van der Waals surface area contributed by atoms with Crippen molar-refractivity contribution in [3.8, 4) is 0 Å². The summed E-state index contributed by atoms with van der Waals surface area (Å²) < 4.78 is 0. The second kappa shape index (κ2) is 19.8. The first-order valence-corrected chi connectivity index (χ1v) is 23.3. The Morgan fingerprint density at radius 2 is 0.403 bits per heavy atom. The van der Waals surface area contributed by atoms with E-state index in [1.807, 2.05) is 83.1 Å². The van der Waals surface area contributed by atoms with Crippen LogP contribution in [-0.4, -0.2) is 67.4 Å². The Morgan fingerprint density at radius 1 is 0.306 bits per heavy atom. The van der Waals surface area contributed by atoms with E-state index in [2.05, 4.69) is 132 Å². The number of ketones is 4. The molecule has 0 radical (unpaired) electrons. The van der Waals surface area contributed by atoms with Gasteiger partial charge >= 0.3 is 0 Å². The lowest BCUT2D eigenvalue weighted by atomic mass is 9.83. The lowest BCUT2D eigenvalue weighted by Crippen LogP contribution is -2.54. The molecule has 0 heterocycles. The summed E-state index contributed by atoms with van der Waals surface area (Å²) in [4.78, 5) is 49.5. The fraction of sp³-hybridized carbons (Fsp3) is 0.923. The van der Waals surface area contributed by atoms with Crippen molar-refractivity contribution in [2.45, 2.75) is 264 Å². The molecule has 0 amide bonds. The second-order valence-corrected chi connectivity index (χ2v) is 28.1. The van der Waals surface area contributed by atoms with Gasteiger partial charge in [-0.15, -0.1) is 0 Å². The number of hydrogen-bond donors (Lipinski definition) is 4. The fourth-order valence-corrected chi connectivity index (χ4v) is 9.24. The lowest BCUT2D eigenvalue weighted by Gasteiger charge is -2.32. The molecule has 62 heavy (non-hydrogen) atoms. The molecule has 10 heteroatoms. The van der Waals surface area contributed by atoms with Gasteiger partial charge < -0.3 is 0 Å². The van der Waals surface area contributed by atoms with Crippen LogP contribution in [0, 0.1) is 45.3 Å². The summed E-state index contributed by atoms with van der Waals surface area (Å²) in [6, 6.07) is 0. The molecule has 4 aliphatic carbocycles. The zero-order valence-electron chi connectivity index (χ0n) is 45.8. The maximum atomic E-state index is 12.4. The molecule has 0 aromatic carbocycles. The zero-order valence-corrected chi connectivity index (χ0v) is 47.8. The molecule has 368 valence electrons. The molecule has 0 bridgehead atoms. The molecule has 4 N–H and O–H groups in total. The van der Waals surface area contributed by atoms with Gasteiger partial charge in [-0.05, 0) is 132 Å². The van der Waals surface area contributed by atoms with Crippen molar-refractivity contribution in [3.63, 3.8) is 0 Å². The van der Waals surface area contributed by atoms with Gasteiger partial charge in [0.15, 0.2) is 23.1 Å². The topological polar surface area (TPSA) is 116 Å². The third-order valence-electron chi connectivity index (χ3n) is 12.0. The van der Waals surface area contributed by atoms with Crippen molar-refractivity contribution in [2.75, 3.05) is 0 Å². The SMILES string of the molecule is C[C@@H]1C[C@@]1(NC(C)(C)C)C(=O)C(C)(C)C.C[C@@H]1C[C@]1(NC(C)(C)C)C(=O)C(C)(C)C.C[C@H]1C[C@@]1(NC(C)(C)C)C(=O)C(C)(C)C.C[C@H]1C[C@]1(NC(C)(C)C)C(=O)C(C)(C)C.S.S. The molecule has 4 saturated carbocycles. The maximum absolute atomic E-state index is 12.4. The maximum Gasteiger partial charge on any atom is 0.158 e. The molecule has 0 aliphatic heterocycles. The summed E-state index contributed by atoms with van der Waals surface area (Å²) in [5, 5.41) is 14.1. The molecule has 4 aliphatic rings. The van der Waals surface area contributed by atoms with Crippen LogP contribution in [0.15, 0.2) is 0 Å². The van der Waals surface area contributed by atoms with E-state index < -0.39 is 0 Å². The first-order chi connectivity index (χ1) is 26.0. The summed E-state index contributed by atoms with van der Waals surface area (Å²) in [7, 11) is 0. The molecular weight excluding hydrogens is 809 g/mol. The van der Waals surface area contributed by atoms with Crippen LogP contribution in [0.25, 0.3) is 0 Å². The first kappa shape index (κ1) is 63.3. The summed E-state index contributed by atoms with van der Waals surface area (Å²) in [5.41, 5.74) is -1.98. The van der Waals surface area contributed by atoms with Crippen molar-refractivity contribution in [1.29, 1.82) is 0 Å². The second-order valence-electron chi connectivity index (χ2n) is 28.1. The third kappa shape index (κ3) is 17.5. The van der Waals surface area contributed by atoms with Crippen molar-refractivity contribution in [3.05, 3.63) is 0 Å². The highest BCUT2D eigenvalue weighted by atomic mass is 32.1. The number of carbonyl (C=O) groups excluding carboxylic acids is 4. The summed E-state index contributed by atoms with van der Waals surface area (Å²) in [5.74, 6) is 3.34. The van der Waals surface area contributed by atoms with Crippen LogP contribution in [0.1, 0.15) is 220 Å². The Kier molecular flexibility index (Phi) is 20.2. The largest absolute Gasteiger partial charge is 0.300 e.